The molecule has 0 amide bonds. The molecule has 1 unspecified atom stereocenters. The summed E-state index contributed by atoms with van der Waals surface area (Å²) in [6.45, 7) is 7.51. The lowest BCUT2D eigenvalue weighted by Crippen LogP contribution is -2.53. The Labute approximate surface area is 132 Å². The molecule has 6 nitrogen and oxygen atoms in total. The molecular formula is C16H28N4O2. The first-order valence-corrected chi connectivity index (χ1v) is 8.26. The van der Waals surface area contributed by atoms with Gasteiger partial charge in [0.15, 0.2) is 0 Å². The smallest absolute Gasteiger partial charge is 0.146 e. The molecule has 0 aromatic carbocycles. The van der Waals surface area contributed by atoms with Gasteiger partial charge in [-0.15, -0.1) is 10.2 Å². The van der Waals surface area contributed by atoms with Crippen LogP contribution in [-0.4, -0.2) is 58.2 Å². The molecule has 0 bridgehead atoms. The second-order valence-corrected chi connectivity index (χ2v) is 7.29. The van der Waals surface area contributed by atoms with Crippen molar-refractivity contribution in [3.63, 3.8) is 0 Å². The Morgan fingerprint density at radius 3 is 2.73 bits per heavy atom. The quantitative estimate of drug-likeness (QED) is 0.829. The minimum absolute atomic E-state index is 0.119. The molecular weight excluding hydrogens is 280 g/mol. The van der Waals surface area contributed by atoms with E-state index < -0.39 is 0 Å². The van der Waals surface area contributed by atoms with Gasteiger partial charge in [-0.25, -0.2) is 0 Å². The molecule has 1 aromatic heterocycles. The summed E-state index contributed by atoms with van der Waals surface area (Å²) in [6.07, 6.45) is 3.95. The van der Waals surface area contributed by atoms with E-state index >= 15 is 0 Å². The van der Waals surface area contributed by atoms with Crippen molar-refractivity contribution in [2.75, 3.05) is 26.8 Å². The Bertz CT molecular complexity index is 510. The molecule has 22 heavy (non-hydrogen) atoms. The lowest BCUT2D eigenvalue weighted by Gasteiger charge is -2.42. The van der Waals surface area contributed by atoms with Crippen LogP contribution in [0.1, 0.15) is 50.7 Å². The monoisotopic (exact) mass is 308 g/mol. The van der Waals surface area contributed by atoms with Crippen LogP contribution in [-0.2, 0) is 23.1 Å². The lowest BCUT2D eigenvalue weighted by molar-refractivity contribution is -0.154. The van der Waals surface area contributed by atoms with E-state index in [4.69, 9.17) is 9.47 Å². The van der Waals surface area contributed by atoms with Crippen LogP contribution in [0.15, 0.2) is 0 Å². The SMILES string of the molecule is COCC1CN(Cc2nnc(C3CCC3)n2C)CC(C)(C)O1. The molecule has 1 aliphatic carbocycles. The summed E-state index contributed by atoms with van der Waals surface area (Å²) in [7, 11) is 3.82. The van der Waals surface area contributed by atoms with Gasteiger partial charge in [-0.2, -0.15) is 0 Å². The Morgan fingerprint density at radius 1 is 1.32 bits per heavy atom. The van der Waals surface area contributed by atoms with Crippen LogP contribution in [0.4, 0.5) is 0 Å². The van der Waals surface area contributed by atoms with E-state index in [2.05, 4.69) is 40.6 Å². The molecule has 1 saturated heterocycles. The maximum atomic E-state index is 6.07. The summed E-state index contributed by atoms with van der Waals surface area (Å²) in [5.41, 5.74) is -0.156. The van der Waals surface area contributed by atoms with Crippen LogP contribution in [0.25, 0.3) is 0 Å². The fourth-order valence-electron chi connectivity index (χ4n) is 3.54. The number of hydrogen-bond donors (Lipinski definition) is 0. The molecule has 124 valence electrons. The first kappa shape index (κ1) is 15.9. The van der Waals surface area contributed by atoms with E-state index in [1.54, 1.807) is 7.11 Å². The predicted octanol–water partition coefficient (Wildman–Crippen LogP) is 1.71. The first-order valence-electron chi connectivity index (χ1n) is 8.26. The molecule has 0 N–H and O–H groups in total. The van der Waals surface area contributed by atoms with Crippen molar-refractivity contribution in [1.82, 2.24) is 19.7 Å². The summed E-state index contributed by atoms with van der Waals surface area (Å²) in [5.74, 6) is 2.83. The minimum Gasteiger partial charge on any atom is -0.382 e. The standard InChI is InChI=1S/C16H28N4O2/c1-16(2)11-20(8-13(22-16)10-21-4)9-14-17-18-15(19(14)3)12-6-5-7-12/h12-13H,5-11H2,1-4H3. The summed E-state index contributed by atoms with van der Waals surface area (Å²) in [6, 6.07) is 0. The van der Waals surface area contributed by atoms with E-state index in [1.807, 2.05) is 0 Å². The van der Waals surface area contributed by atoms with Crippen molar-refractivity contribution in [3.05, 3.63) is 11.6 Å². The molecule has 2 fully saturated rings. The highest BCUT2D eigenvalue weighted by molar-refractivity contribution is 5.05. The van der Waals surface area contributed by atoms with Crippen LogP contribution in [0.2, 0.25) is 0 Å². The number of nitrogens with zero attached hydrogens (tertiary/aromatic N) is 4. The van der Waals surface area contributed by atoms with E-state index in [0.717, 1.165) is 31.3 Å². The average molecular weight is 308 g/mol. The Kier molecular flexibility index (Phi) is 4.52. The number of aromatic nitrogens is 3. The Balaban J connectivity index is 1.67. The van der Waals surface area contributed by atoms with Crippen LogP contribution in [0.5, 0.6) is 0 Å². The van der Waals surface area contributed by atoms with Crippen LogP contribution in [0.3, 0.4) is 0 Å². The minimum atomic E-state index is -0.156. The second kappa shape index (κ2) is 6.26. The van der Waals surface area contributed by atoms with E-state index in [9.17, 15) is 0 Å². The van der Waals surface area contributed by atoms with Gasteiger partial charge < -0.3 is 14.0 Å². The molecule has 2 heterocycles. The van der Waals surface area contributed by atoms with Gasteiger partial charge in [0, 0.05) is 33.2 Å². The third kappa shape index (κ3) is 3.34. The largest absolute Gasteiger partial charge is 0.382 e. The van der Waals surface area contributed by atoms with Gasteiger partial charge in [0.25, 0.3) is 0 Å². The fraction of sp³-hybridized carbons (Fsp3) is 0.875. The zero-order chi connectivity index (χ0) is 15.7. The summed E-state index contributed by atoms with van der Waals surface area (Å²) in [5, 5.41) is 8.86. The highest BCUT2D eigenvalue weighted by Gasteiger charge is 2.34. The highest BCUT2D eigenvalue weighted by atomic mass is 16.5. The van der Waals surface area contributed by atoms with Gasteiger partial charge in [0.2, 0.25) is 0 Å². The number of morpholine rings is 1. The van der Waals surface area contributed by atoms with Gasteiger partial charge in [-0.3, -0.25) is 4.90 Å². The second-order valence-electron chi connectivity index (χ2n) is 7.29. The zero-order valence-electron chi connectivity index (χ0n) is 14.2. The summed E-state index contributed by atoms with van der Waals surface area (Å²) < 4.78 is 13.5. The van der Waals surface area contributed by atoms with Crippen molar-refractivity contribution in [1.29, 1.82) is 0 Å². The third-order valence-electron chi connectivity index (χ3n) is 4.74. The number of rotatable bonds is 5. The molecule has 1 saturated carbocycles. The summed E-state index contributed by atoms with van der Waals surface area (Å²) in [4.78, 5) is 2.40. The molecule has 3 rings (SSSR count). The van der Waals surface area contributed by atoms with Crippen molar-refractivity contribution in [2.24, 2.45) is 7.05 Å². The Morgan fingerprint density at radius 2 is 2.09 bits per heavy atom. The number of hydrogen-bond acceptors (Lipinski definition) is 5. The number of methoxy groups -OCH3 is 1. The summed E-state index contributed by atoms with van der Waals surface area (Å²) >= 11 is 0. The zero-order valence-corrected chi connectivity index (χ0v) is 14.2. The fourth-order valence-corrected chi connectivity index (χ4v) is 3.54. The molecule has 0 spiro atoms. The lowest BCUT2D eigenvalue weighted by atomic mass is 9.85. The van der Waals surface area contributed by atoms with Gasteiger partial charge in [-0.1, -0.05) is 6.42 Å². The van der Waals surface area contributed by atoms with Crippen molar-refractivity contribution >= 4 is 0 Å². The molecule has 6 heteroatoms. The van der Waals surface area contributed by atoms with Crippen molar-refractivity contribution in [3.8, 4) is 0 Å². The van der Waals surface area contributed by atoms with E-state index in [-0.39, 0.29) is 11.7 Å². The molecule has 1 aromatic rings. The van der Waals surface area contributed by atoms with Gasteiger partial charge in [0.05, 0.1) is 24.9 Å². The van der Waals surface area contributed by atoms with E-state index in [1.165, 1.54) is 19.3 Å². The average Bonchev–Trinajstić information content (AvgIpc) is 2.68. The maximum absolute atomic E-state index is 6.07. The van der Waals surface area contributed by atoms with Gasteiger partial charge in [-0.05, 0) is 26.7 Å². The Hall–Kier alpha value is -0.980. The molecule has 1 atom stereocenters. The normalized spacial score (nSPS) is 26.1. The van der Waals surface area contributed by atoms with Crippen LogP contribution >= 0.6 is 0 Å². The van der Waals surface area contributed by atoms with Gasteiger partial charge >= 0.3 is 0 Å². The third-order valence-corrected chi connectivity index (χ3v) is 4.74. The maximum Gasteiger partial charge on any atom is 0.146 e. The van der Waals surface area contributed by atoms with Crippen molar-refractivity contribution in [2.45, 2.75) is 57.3 Å². The first-order chi connectivity index (χ1) is 10.5. The van der Waals surface area contributed by atoms with Crippen LogP contribution < -0.4 is 0 Å². The molecule has 2 aliphatic rings. The van der Waals surface area contributed by atoms with Crippen molar-refractivity contribution < 1.29 is 9.47 Å². The number of ether oxygens (including phenoxy) is 2. The highest BCUT2D eigenvalue weighted by Crippen LogP contribution is 2.35. The topological polar surface area (TPSA) is 52.4 Å². The molecule has 1 aliphatic heterocycles. The van der Waals surface area contributed by atoms with Gasteiger partial charge in [0.1, 0.15) is 11.6 Å². The predicted molar refractivity (Wildman–Crippen MR) is 83.7 cm³/mol. The van der Waals surface area contributed by atoms with E-state index in [0.29, 0.717) is 12.5 Å². The molecule has 0 radical (unpaired) electrons. The van der Waals surface area contributed by atoms with Crippen LogP contribution in [0, 0.1) is 0 Å².